The van der Waals surface area contributed by atoms with Crippen LogP contribution in [0, 0.1) is 0 Å². The van der Waals surface area contributed by atoms with E-state index < -0.39 is 0 Å². The van der Waals surface area contributed by atoms with E-state index in [1.165, 1.54) is 16.9 Å². The molecule has 0 radical (unpaired) electrons. The molecule has 0 aromatic carbocycles. The Morgan fingerprint density at radius 2 is 2.18 bits per heavy atom. The molecule has 1 aliphatic heterocycles. The third-order valence-electron chi connectivity index (χ3n) is 3.56. The predicted octanol–water partition coefficient (Wildman–Crippen LogP) is 1.35. The number of hydrogen-bond acceptors (Lipinski definition) is 8. The Kier molecular flexibility index (Phi) is 4.49. The molecule has 0 spiro atoms. The molecule has 0 amide bonds. The third-order valence-corrected chi connectivity index (χ3v) is 4.38. The van der Waals surface area contributed by atoms with Crippen molar-refractivity contribution < 1.29 is 4.74 Å². The first-order valence-electron chi connectivity index (χ1n) is 7.35. The van der Waals surface area contributed by atoms with Crippen LogP contribution in [0.3, 0.4) is 0 Å². The molecule has 3 heterocycles. The van der Waals surface area contributed by atoms with E-state index in [1.807, 2.05) is 25.9 Å². The monoisotopic (exact) mass is 320 g/mol. The fourth-order valence-corrected chi connectivity index (χ4v) is 3.37. The lowest BCUT2D eigenvalue weighted by molar-refractivity contribution is 0.242. The summed E-state index contributed by atoms with van der Waals surface area (Å²) in [5.41, 5.74) is 2.37. The highest BCUT2D eigenvalue weighted by Crippen LogP contribution is 2.26. The quantitative estimate of drug-likeness (QED) is 0.824. The summed E-state index contributed by atoms with van der Waals surface area (Å²) in [6, 6.07) is 0. The summed E-state index contributed by atoms with van der Waals surface area (Å²) in [5.74, 6) is 1.00. The fourth-order valence-electron chi connectivity index (χ4n) is 2.58. The summed E-state index contributed by atoms with van der Waals surface area (Å²) in [7, 11) is 4.03. The van der Waals surface area contributed by atoms with E-state index in [9.17, 15) is 0 Å². The minimum absolute atomic E-state index is 0.620. The van der Waals surface area contributed by atoms with Gasteiger partial charge in [-0.1, -0.05) is 11.3 Å². The van der Waals surface area contributed by atoms with Gasteiger partial charge in [-0.15, -0.1) is 10.2 Å². The SMILES string of the molecule is CCOc1nnc(CN2CCc3ncnc(N(C)C)c3C2)s1. The molecule has 0 atom stereocenters. The first kappa shape index (κ1) is 15.1. The van der Waals surface area contributed by atoms with Gasteiger partial charge >= 0.3 is 0 Å². The summed E-state index contributed by atoms with van der Waals surface area (Å²) in [6.45, 7) is 5.17. The minimum Gasteiger partial charge on any atom is -0.469 e. The highest BCUT2D eigenvalue weighted by atomic mass is 32.1. The van der Waals surface area contributed by atoms with Gasteiger partial charge in [-0.05, 0) is 6.92 Å². The molecule has 0 saturated heterocycles. The van der Waals surface area contributed by atoms with E-state index in [0.29, 0.717) is 11.8 Å². The highest BCUT2D eigenvalue weighted by molar-refractivity contribution is 7.13. The molecule has 3 rings (SSSR count). The summed E-state index contributed by atoms with van der Waals surface area (Å²) in [5, 5.41) is 9.88. The summed E-state index contributed by atoms with van der Waals surface area (Å²) in [4.78, 5) is 13.2. The van der Waals surface area contributed by atoms with Gasteiger partial charge in [-0.2, -0.15) is 0 Å². The van der Waals surface area contributed by atoms with Gasteiger partial charge in [0.1, 0.15) is 17.2 Å². The summed E-state index contributed by atoms with van der Waals surface area (Å²) < 4.78 is 5.38. The molecule has 0 bridgehead atoms. The molecule has 118 valence electrons. The van der Waals surface area contributed by atoms with Crippen molar-refractivity contribution in [2.24, 2.45) is 0 Å². The zero-order chi connectivity index (χ0) is 15.5. The molecule has 0 saturated carbocycles. The number of hydrogen-bond donors (Lipinski definition) is 0. The molecule has 1 aliphatic rings. The fraction of sp³-hybridized carbons (Fsp3) is 0.571. The van der Waals surface area contributed by atoms with Gasteiger partial charge in [0.25, 0.3) is 5.19 Å². The van der Waals surface area contributed by atoms with Gasteiger partial charge in [-0.25, -0.2) is 9.97 Å². The average molecular weight is 320 g/mol. The molecule has 2 aromatic heterocycles. The van der Waals surface area contributed by atoms with E-state index in [2.05, 4.69) is 25.1 Å². The Balaban J connectivity index is 1.73. The molecule has 0 aliphatic carbocycles. The first-order valence-corrected chi connectivity index (χ1v) is 8.16. The van der Waals surface area contributed by atoms with Crippen LogP contribution in [0.25, 0.3) is 0 Å². The number of aromatic nitrogens is 4. The Hall–Kier alpha value is -1.80. The third kappa shape index (κ3) is 3.17. The maximum atomic E-state index is 5.38. The molecule has 8 heteroatoms. The lowest BCUT2D eigenvalue weighted by atomic mass is 10.1. The van der Waals surface area contributed by atoms with Gasteiger partial charge in [0, 0.05) is 39.2 Å². The molecule has 0 unspecified atom stereocenters. The zero-order valence-electron chi connectivity index (χ0n) is 13.1. The number of rotatable bonds is 5. The van der Waals surface area contributed by atoms with E-state index >= 15 is 0 Å². The lowest BCUT2D eigenvalue weighted by Gasteiger charge is -2.29. The van der Waals surface area contributed by atoms with Crippen LogP contribution in [0.5, 0.6) is 5.19 Å². The Morgan fingerprint density at radius 1 is 1.32 bits per heavy atom. The van der Waals surface area contributed by atoms with Crippen molar-refractivity contribution in [2.75, 3.05) is 32.1 Å². The van der Waals surface area contributed by atoms with Crippen LogP contribution in [0.2, 0.25) is 0 Å². The molecule has 2 aromatic rings. The maximum Gasteiger partial charge on any atom is 0.294 e. The highest BCUT2D eigenvalue weighted by Gasteiger charge is 2.22. The summed E-state index contributed by atoms with van der Waals surface area (Å²) in [6.07, 6.45) is 2.60. The van der Waals surface area contributed by atoms with Crippen LogP contribution in [-0.2, 0) is 19.5 Å². The van der Waals surface area contributed by atoms with Gasteiger partial charge in [0.05, 0.1) is 18.8 Å². The molecular formula is C14H20N6OS. The smallest absolute Gasteiger partial charge is 0.294 e. The van der Waals surface area contributed by atoms with Crippen molar-refractivity contribution in [2.45, 2.75) is 26.4 Å². The Labute approximate surface area is 134 Å². The van der Waals surface area contributed by atoms with Crippen LogP contribution in [0.4, 0.5) is 5.82 Å². The van der Waals surface area contributed by atoms with Crippen molar-refractivity contribution in [3.8, 4) is 5.19 Å². The van der Waals surface area contributed by atoms with Crippen molar-refractivity contribution in [1.82, 2.24) is 25.1 Å². The van der Waals surface area contributed by atoms with Crippen LogP contribution < -0.4 is 9.64 Å². The zero-order valence-corrected chi connectivity index (χ0v) is 13.9. The van der Waals surface area contributed by atoms with Crippen molar-refractivity contribution in [3.05, 3.63) is 22.6 Å². The minimum atomic E-state index is 0.620. The van der Waals surface area contributed by atoms with Crippen molar-refractivity contribution >= 4 is 17.2 Å². The number of nitrogens with zero attached hydrogens (tertiary/aromatic N) is 6. The number of anilines is 1. The van der Waals surface area contributed by atoms with Crippen LogP contribution in [0.1, 0.15) is 23.2 Å². The number of ether oxygens (including phenoxy) is 1. The van der Waals surface area contributed by atoms with E-state index in [1.54, 1.807) is 6.33 Å². The van der Waals surface area contributed by atoms with Gasteiger partial charge < -0.3 is 9.64 Å². The standard InChI is InChI=1S/C14H20N6OS/c1-4-21-14-18-17-12(22-14)8-20-6-5-11-10(7-20)13(19(2)3)16-9-15-11/h9H,4-8H2,1-3H3. The van der Waals surface area contributed by atoms with Crippen LogP contribution in [0.15, 0.2) is 6.33 Å². The second-order valence-corrected chi connectivity index (χ2v) is 6.40. The van der Waals surface area contributed by atoms with Crippen molar-refractivity contribution in [3.63, 3.8) is 0 Å². The van der Waals surface area contributed by atoms with Crippen LogP contribution >= 0.6 is 11.3 Å². The van der Waals surface area contributed by atoms with Crippen molar-refractivity contribution in [1.29, 1.82) is 0 Å². The first-order chi connectivity index (χ1) is 10.7. The molecule has 0 N–H and O–H groups in total. The van der Waals surface area contributed by atoms with Gasteiger partial charge in [-0.3, -0.25) is 4.90 Å². The molecule has 22 heavy (non-hydrogen) atoms. The molecule has 7 nitrogen and oxygen atoms in total. The molecule has 0 fully saturated rings. The van der Waals surface area contributed by atoms with Gasteiger partial charge in [0.2, 0.25) is 0 Å². The van der Waals surface area contributed by atoms with E-state index in [-0.39, 0.29) is 0 Å². The lowest BCUT2D eigenvalue weighted by Crippen LogP contribution is -2.32. The maximum absolute atomic E-state index is 5.38. The van der Waals surface area contributed by atoms with Gasteiger partial charge in [0.15, 0.2) is 0 Å². The second-order valence-electron chi connectivity index (χ2n) is 5.37. The van der Waals surface area contributed by atoms with E-state index in [4.69, 9.17) is 4.74 Å². The second kappa shape index (κ2) is 6.53. The Morgan fingerprint density at radius 3 is 2.95 bits per heavy atom. The average Bonchev–Trinajstić information content (AvgIpc) is 2.94. The largest absolute Gasteiger partial charge is 0.469 e. The molecular weight excluding hydrogens is 300 g/mol. The van der Waals surface area contributed by atoms with Crippen LogP contribution in [-0.4, -0.2) is 52.3 Å². The topological polar surface area (TPSA) is 67.3 Å². The Bertz CT molecular complexity index is 644. The number of fused-ring (bicyclic) bond motifs is 1. The summed E-state index contributed by atoms with van der Waals surface area (Å²) >= 11 is 1.52. The predicted molar refractivity (Wildman–Crippen MR) is 85.3 cm³/mol. The normalized spacial score (nSPS) is 14.7. The van der Waals surface area contributed by atoms with E-state index in [0.717, 1.165) is 42.6 Å².